The minimum Gasteiger partial charge on any atom is -0.378 e. The zero-order chi connectivity index (χ0) is 26.3. The van der Waals surface area contributed by atoms with Gasteiger partial charge in [-0.2, -0.15) is 4.98 Å². The third-order valence-electron chi connectivity index (χ3n) is 5.81. The van der Waals surface area contributed by atoms with E-state index >= 15 is 0 Å². The maximum absolute atomic E-state index is 5.59. The van der Waals surface area contributed by atoms with Gasteiger partial charge in [-0.05, 0) is 44.0 Å². The Bertz CT molecular complexity index is 1010. The molecule has 2 aliphatic rings. The van der Waals surface area contributed by atoms with Crippen molar-refractivity contribution in [3.05, 3.63) is 39.0 Å². The lowest BCUT2D eigenvalue weighted by molar-refractivity contribution is 0.122. The number of para-hydroxylation sites is 1. The first-order valence-corrected chi connectivity index (χ1v) is 14.7. The molecule has 1 aliphatic carbocycles. The van der Waals surface area contributed by atoms with Crippen LogP contribution in [0.5, 0.6) is 0 Å². The predicted octanol–water partition coefficient (Wildman–Crippen LogP) is 7.40. The van der Waals surface area contributed by atoms with Crippen molar-refractivity contribution in [1.29, 1.82) is 0 Å². The van der Waals surface area contributed by atoms with E-state index in [9.17, 15) is 0 Å². The summed E-state index contributed by atoms with van der Waals surface area (Å²) in [5, 5.41) is 4.63. The molecular formula is C26H39Cl2N5OS2. The second-order valence-electron chi connectivity index (χ2n) is 8.08. The van der Waals surface area contributed by atoms with Gasteiger partial charge in [0.2, 0.25) is 5.95 Å². The average Bonchev–Trinajstić information content (AvgIpc) is 3.24. The van der Waals surface area contributed by atoms with Gasteiger partial charge in [-0.1, -0.05) is 68.4 Å². The number of hydrogen-bond donors (Lipinski definition) is 3. The highest BCUT2D eigenvalue weighted by molar-refractivity contribution is 7.80. The number of rotatable bonds is 4. The summed E-state index contributed by atoms with van der Waals surface area (Å²) in [6.45, 7) is 8.30. The number of thiol groups is 1. The summed E-state index contributed by atoms with van der Waals surface area (Å²) in [6, 6.07) is 10.0. The maximum atomic E-state index is 5.59. The molecule has 0 spiro atoms. The van der Waals surface area contributed by atoms with Gasteiger partial charge in [-0.3, -0.25) is 0 Å². The van der Waals surface area contributed by atoms with Gasteiger partial charge in [0.1, 0.15) is 10.2 Å². The molecule has 36 heavy (non-hydrogen) atoms. The minimum absolute atomic E-state index is 0.651. The van der Waals surface area contributed by atoms with Crippen LogP contribution in [-0.2, 0) is 4.74 Å². The van der Waals surface area contributed by atoms with Gasteiger partial charge >= 0.3 is 0 Å². The second kappa shape index (κ2) is 17.3. The molecule has 5 rings (SSSR count). The average molecular weight is 573 g/mol. The van der Waals surface area contributed by atoms with E-state index < -0.39 is 0 Å². The van der Waals surface area contributed by atoms with Crippen molar-refractivity contribution in [3.63, 3.8) is 0 Å². The molecule has 6 nitrogen and oxygen atoms in total. The van der Waals surface area contributed by atoms with Crippen LogP contribution in [0.25, 0.3) is 10.9 Å². The van der Waals surface area contributed by atoms with Crippen molar-refractivity contribution in [1.82, 2.24) is 9.97 Å². The van der Waals surface area contributed by atoms with Crippen LogP contribution >= 0.6 is 47.2 Å². The SMILES string of the molecule is CC.CN.Sc1cc(Cl)sc1Cl.c1ccc2c(N3CCOCC3)nc(NCC3CCCCC3)nc2c1. The molecular weight excluding hydrogens is 533 g/mol. The number of ether oxygens (including phenoxy) is 1. The lowest BCUT2D eigenvalue weighted by atomic mass is 9.89. The number of benzene rings is 1. The molecule has 1 saturated carbocycles. The number of aromatic nitrogens is 2. The molecule has 3 heterocycles. The monoisotopic (exact) mass is 571 g/mol. The van der Waals surface area contributed by atoms with E-state index in [-0.39, 0.29) is 0 Å². The topological polar surface area (TPSA) is 76.3 Å². The van der Waals surface area contributed by atoms with Crippen LogP contribution in [0.4, 0.5) is 11.8 Å². The number of nitrogens with two attached hydrogens (primary N) is 1. The van der Waals surface area contributed by atoms with Crippen LogP contribution in [0.1, 0.15) is 46.0 Å². The van der Waals surface area contributed by atoms with Gasteiger partial charge < -0.3 is 20.7 Å². The Labute approximate surface area is 235 Å². The smallest absolute Gasteiger partial charge is 0.225 e. The van der Waals surface area contributed by atoms with Gasteiger partial charge in [-0.15, -0.1) is 24.0 Å². The van der Waals surface area contributed by atoms with E-state index in [4.69, 9.17) is 37.9 Å². The number of nitrogens with zero attached hydrogens (tertiary/aromatic N) is 3. The van der Waals surface area contributed by atoms with Crippen LogP contribution < -0.4 is 16.0 Å². The number of thiophene rings is 1. The maximum Gasteiger partial charge on any atom is 0.225 e. The fourth-order valence-electron chi connectivity index (χ4n) is 4.11. The second-order valence-corrected chi connectivity index (χ2v) is 10.8. The van der Waals surface area contributed by atoms with E-state index in [0.717, 1.165) is 66.3 Å². The molecule has 0 radical (unpaired) electrons. The van der Waals surface area contributed by atoms with E-state index in [1.54, 1.807) is 6.07 Å². The summed E-state index contributed by atoms with van der Waals surface area (Å²) in [7, 11) is 1.50. The Balaban J connectivity index is 0.000000320. The van der Waals surface area contributed by atoms with E-state index in [0.29, 0.717) is 8.67 Å². The van der Waals surface area contributed by atoms with Gasteiger partial charge in [0.25, 0.3) is 0 Å². The molecule has 2 fully saturated rings. The molecule has 0 unspecified atom stereocenters. The predicted molar refractivity (Wildman–Crippen MR) is 161 cm³/mol. The number of halogens is 2. The van der Waals surface area contributed by atoms with Gasteiger partial charge in [0.05, 0.1) is 23.1 Å². The standard InChI is InChI=1S/C19H26N4O.C4H2Cl2S2.C2H6.CH5N/c1-2-6-15(7-3-1)14-20-19-21-17-9-5-4-8-16(17)18(22-19)23-10-12-24-13-11-23;5-3-1-2(7)4(6)8-3;2*1-2/h4-5,8-9,15H,1-3,6-7,10-14H2,(H,20,21,22);1,7H;1-2H3;2H2,1H3. The first-order chi connectivity index (χ1) is 17.6. The Morgan fingerprint density at radius 3 is 2.33 bits per heavy atom. The summed E-state index contributed by atoms with van der Waals surface area (Å²) < 4.78 is 6.82. The van der Waals surface area contributed by atoms with Crippen molar-refractivity contribution >= 4 is 69.8 Å². The third-order valence-corrected chi connectivity index (χ3v) is 7.93. The first kappa shape index (κ1) is 30.9. The first-order valence-electron chi connectivity index (χ1n) is 12.6. The quantitative estimate of drug-likeness (QED) is 0.283. The third kappa shape index (κ3) is 9.54. The Kier molecular flexibility index (Phi) is 14.8. The molecule has 2 aromatic heterocycles. The molecule has 200 valence electrons. The van der Waals surface area contributed by atoms with Gasteiger partial charge in [0.15, 0.2) is 0 Å². The number of anilines is 2. The van der Waals surface area contributed by atoms with E-state index in [1.807, 2.05) is 19.9 Å². The fraction of sp³-hybridized carbons (Fsp3) is 0.538. The molecule has 3 aromatic rings. The lowest BCUT2D eigenvalue weighted by Crippen LogP contribution is -2.37. The number of nitrogens with one attached hydrogen (secondary N) is 1. The lowest BCUT2D eigenvalue weighted by Gasteiger charge is -2.29. The van der Waals surface area contributed by atoms with Gasteiger partial charge in [-0.25, -0.2) is 4.98 Å². The molecule has 0 atom stereocenters. The number of morpholine rings is 1. The summed E-state index contributed by atoms with van der Waals surface area (Å²) in [6.07, 6.45) is 6.78. The summed E-state index contributed by atoms with van der Waals surface area (Å²) in [5.74, 6) is 2.57. The zero-order valence-electron chi connectivity index (χ0n) is 21.5. The summed E-state index contributed by atoms with van der Waals surface area (Å²) in [4.78, 5) is 12.7. The highest BCUT2D eigenvalue weighted by Gasteiger charge is 2.18. The molecule has 0 bridgehead atoms. The van der Waals surface area contributed by atoms with Gasteiger partial charge in [0, 0.05) is 29.9 Å². The van der Waals surface area contributed by atoms with Crippen molar-refractivity contribution in [3.8, 4) is 0 Å². The summed E-state index contributed by atoms with van der Waals surface area (Å²) in [5.41, 5.74) is 5.51. The van der Waals surface area contributed by atoms with Crippen molar-refractivity contribution in [2.75, 3.05) is 50.1 Å². The number of fused-ring (bicyclic) bond motifs is 1. The van der Waals surface area contributed by atoms with Crippen LogP contribution in [-0.4, -0.2) is 49.9 Å². The molecule has 1 saturated heterocycles. The normalized spacial score (nSPS) is 15.6. The van der Waals surface area contributed by atoms with Crippen molar-refractivity contribution in [2.45, 2.75) is 50.8 Å². The summed E-state index contributed by atoms with van der Waals surface area (Å²) >= 11 is 16.5. The largest absolute Gasteiger partial charge is 0.378 e. The molecule has 3 N–H and O–H groups in total. The van der Waals surface area contributed by atoms with Crippen LogP contribution in [0.15, 0.2) is 35.2 Å². The molecule has 10 heteroatoms. The Morgan fingerprint density at radius 1 is 1.08 bits per heavy atom. The fourth-order valence-corrected chi connectivity index (χ4v) is 5.82. The minimum atomic E-state index is 0.651. The highest BCUT2D eigenvalue weighted by Crippen LogP contribution is 2.33. The van der Waals surface area contributed by atoms with Crippen molar-refractivity contribution < 1.29 is 4.74 Å². The van der Waals surface area contributed by atoms with Crippen LogP contribution in [0.3, 0.4) is 0 Å². The Morgan fingerprint density at radius 2 is 1.75 bits per heavy atom. The molecule has 1 aromatic carbocycles. The number of hydrogen-bond acceptors (Lipinski definition) is 8. The van der Waals surface area contributed by atoms with E-state index in [1.165, 1.54) is 50.5 Å². The molecule has 1 aliphatic heterocycles. The van der Waals surface area contributed by atoms with Crippen LogP contribution in [0, 0.1) is 5.92 Å². The zero-order valence-corrected chi connectivity index (χ0v) is 24.7. The molecule has 0 amide bonds. The highest BCUT2D eigenvalue weighted by atomic mass is 35.5. The van der Waals surface area contributed by atoms with E-state index in [2.05, 4.69) is 46.8 Å². The Hall–Kier alpha value is -1.29. The van der Waals surface area contributed by atoms with Crippen molar-refractivity contribution in [2.24, 2.45) is 11.7 Å². The van der Waals surface area contributed by atoms with Crippen LogP contribution in [0.2, 0.25) is 8.67 Å².